The van der Waals surface area contributed by atoms with Crippen LogP contribution in [0.15, 0.2) is 78.9 Å². The van der Waals surface area contributed by atoms with Crippen LogP contribution in [0.3, 0.4) is 0 Å². The lowest BCUT2D eigenvalue weighted by atomic mass is 9.74. The molecule has 3 aromatic rings. The smallest absolute Gasteiger partial charge is 0.242 e. The van der Waals surface area contributed by atoms with Gasteiger partial charge in [0.05, 0.1) is 32.3 Å². The molecule has 1 unspecified atom stereocenters. The van der Waals surface area contributed by atoms with Crippen LogP contribution in [0.5, 0.6) is 5.75 Å². The van der Waals surface area contributed by atoms with E-state index in [4.69, 9.17) is 9.47 Å². The van der Waals surface area contributed by atoms with E-state index < -0.39 is 16.1 Å². The molecule has 0 bridgehead atoms. The highest BCUT2D eigenvalue weighted by Crippen LogP contribution is 2.47. The molecule has 40 heavy (non-hydrogen) atoms. The largest absolute Gasteiger partial charge is 0.496 e. The van der Waals surface area contributed by atoms with Crippen molar-refractivity contribution >= 4 is 21.6 Å². The van der Waals surface area contributed by atoms with Gasteiger partial charge in [-0.05, 0) is 36.1 Å². The van der Waals surface area contributed by atoms with Crippen molar-refractivity contribution in [1.82, 2.24) is 10.2 Å². The van der Waals surface area contributed by atoms with Crippen LogP contribution in [0.2, 0.25) is 0 Å². The molecule has 0 saturated carbocycles. The summed E-state index contributed by atoms with van der Waals surface area (Å²) in [5, 5.41) is 3.41. The molecule has 0 aromatic heterocycles. The molecule has 1 saturated heterocycles. The zero-order valence-corrected chi connectivity index (χ0v) is 23.9. The van der Waals surface area contributed by atoms with E-state index in [1.54, 1.807) is 7.11 Å². The first-order chi connectivity index (χ1) is 19.3. The number of carbonyl (C=O) groups excluding carboxylic acids is 1. The molecule has 1 atom stereocenters. The first-order valence-corrected chi connectivity index (χ1v) is 15.5. The predicted octanol–water partition coefficient (Wildman–Crippen LogP) is 3.71. The van der Waals surface area contributed by atoms with Gasteiger partial charge in [0.1, 0.15) is 11.8 Å². The Balaban J connectivity index is 1.28. The van der Waals surface area contributed by atoms with Gasteiger partial charge < -0.3 is 14.4 Å². The molecular formula is C31H37N3O5S. The van der Waals surface area contributed by atoms with E-state index in [2.05, 4.69) is 5.32 Å². The van der Waals surface area contributed by atoms with E-state index in [0.29, 0.717) is 45.6 Å². The van der Waals surface area contributed by atoms with Gasteiger partial charge in [0.2, 0.25) is 15.9 Å². The van der Waals surface area contributed by atoms with Gasteiger partial charge in [-0.25, -0.2) is 8.42 Å². The van der Waals surface area contributed by atoms with Gasteiger partial charge in [-0.2, -0.15) is 0 Å². The molecule has 1 N–H and O–H groups in total. The number of benzene rings is 3. The number of likely N-dealkylation sites (tertiary alicyclic amines) is 1. The Hall–Kier alpha value is -3.40. The summed E-state index contributed by atoms with van der Waals surface area (Å²) in [5.41, 5.74) is 3.54. The molecule has 9 heteroatoms. The molecule has 0 radical (unpaired) electrons. The molecule has 8 nitrogen and oxygen atoms in total. The van der Waals surface area contributed by atoms with Gasteiger partial charge in [-0.3, -0.25) is 14.4 Å². The predicted molar refractivity (Wildman–Crippen MR) is 156 cm³/mol. The molecule has 5 rings (SSSR count). The van der Waals surface area contributed by atoms with Gasteiger partial charge >= 0.3 is 0 Å². The van der Waals surface area contributed by atoms with Crippen LogP contribution in [0.4, 0.5) is 5.69 Å². The summed E-state index contributed by atoms with van der Waals surface area (Å²) in [6, 6.07) is 24.9. The van der Waals surface area contributed by atoms with E-state index in [9.17, 15) is 13.2 Å². The monoisotopic (exact) mass is 563 g/mol. The van der Waals surface area contributed by atoms with Crippen molar-refractivity contribution in [1.29, 1.82) is 0 Å². The summed E-state index contributed by atoms with van der Waals surface area (Å²) < 4.78 is 38.1. The molecular weight excluding hydrogens is 526 g/mol. The second-order valence-corrected chi connectivity index (χ2v) is 12.5. The second-order valence-electron chi connectivity index (χ2n) is 10.6. The summed E-state index contributed by atoms with van der Waals surface area (Å²) in [6.45, 7) is 2.64. The van der Waals surface area contributed by atoms with Crippen molar-refractivity contribution in [2.45, 2.75) is 37.5 Å². The number of nitrogens with zero attached hydrogens (tertiary/aromatic N) is 2. The lowest BCUT2D eigenvalue weighted by Gasteiger charge is -2.41. The Kier molecular flexibility index (Phi) is 8.44. The second kappa shape index (κ2) is 12.0. The fraction of sp³-hybridized carbons (Fsp3) is 0.387. The number of hydrogen-bond donors (Lipinski definition) is 1. The summed E-state index contributed by atoms with van der Waals surface area (Å²) in [7, 11) is -1.75. The summed E-state index contributed by atoms with van der Waals surface area (Å²) in [4.78, 5) is 15.7. The third-order valence-electron chi connectivity index (χ3n) is 8.05. The number of nitrogens with one attached hydrogen (secondary N) is 1. The van der Waals surface area contributed by atoms with Gasteiger partial charge in [-0.1, -0.05) is 66.7 Å². The van der Waals surface area contributed by atoms with E-state index in [0.717, 1.165) is 28.1 Å². The van der Waals surface area contributed by atoms with Crippen molar-refractivity contribution in [3.63, 3.8) is 0 Å². The van der Waals surface area contributed by atoms with Gasteiger partial charge in [-0.15, -0.1) is 0 Å². The van der Waals surface area contributed by atoms with Crippen molar-refractivity contribution < 1.29 is 22.7 Å². The van der Waals surface area contributed by atoms with E-state index >= 15 is 0 Å². The maximum atomic E-state index is 13.8. The Morgan fingerprint density at radius 2 is 1.65 bits per heavy atom. The Bertz CT molecular complexity index is 1420. The van der Waals surface area contributed by atoms with Crippen molar-refractivity contribution in [2.75, 3.05) is 43.9 Å². The lowest BCUT2D eigenvalue weighted by Crippen LogP contribution is -2.54. The quantitative estimate of drug-likeness (QED) is 0.405. The van der Waals surface area contributed by atoms with Crippen molar-refractivity contribution in [2.24, 2.45) is 0 Å². The maximum Gasteiger partial charge on any atom is 0.242 e. The zero-order chi connectivity index (χ0) is 28.2. The number of carbonyl (C=O) groups is 1. The highest BCUT2D eigenvalue weighted by Gasteiger charge is 2.47. The summed E-state index contributed by atoms with van der Waals surface area (Å²) in [6.07, 6.45) is 2.66. The highest BCUT2D eigenvalue weighted by molar-refractivity contribution is 7.92. The zero-order valence-electron chi connectivity index (χ0n) is 23.1. The molecule has 2 aliphatic rings. The van der Waals surface area contributed by atoms with Gasteiger partial charge in [0, 0.05) is 37.2 Å². The van der Waals surface area contributed by atoms with Gasteiger partial charge in [0.15, 0.2) is 0 Å². The van der Waals surface area contributed by atoms with E-state index in [1.165, 1.54) is 10.6 Å². The minimum Gasteiger partial charge on any atom is -0.496 e. The van der Waals surface area contributed by atoms with Gasteiger partial charge in [0.25, 0.3) is 0 Å². The summed E-state index contributed by atoms with van der Waals surface area (Å²) >= 11 is 0. The molecule has 212 valence electrons. The number of methoxy groups -OCH3 is 1. The van der Waals surface area contributed by atoms with Crippen LogP contribution in [-0.4, -0.2) is 64.9 Å². The average molecular weight is 564 g/mol. The number of para-hydroxylation sites is 2. The first kappa shape index (κ1) is 28.1. The molecule has 0 aliphatic carbocycles. The minimum atomic E-state index is -3.39. The lowest BCUT2D eigenvalue weighted by molar-refractivity contribution is -0.136. The number of ether oxygens (including phenoxy) is 2. The SMILES string of the molecule is COc1ccccc1CNC(COCc1ccccc1)C(=O)N1CCC2(CC1)CN(S(C)(=O)=O)c1ccccc12. The highest BCUT2D eigenvalue weighted by atomic mass is 32.2. The fourth-order valence-corrected chi connectivity index (χ4v) is 6.85. The number of piperidine rings is 1. The molecule has 2 aliphatic heterocycles. The third kappa shape index (κ3) is 6.01. The number of sulfonamides is 1. The Morgan fingerprint density at radius 1 is 0.975 bits per heavy atom. The topological polar surface area (TPSA) is 88.2 Å². The van der Waals surface area contributed by atoms with Crippen LogP contribution in [0, 0.1) is 0 Å². The maximum absolute atomic E-state index is 13.8. The van der Waals surface area contributed by atoms with E-state index in [-0.39, 0.29) is 17.9 Å². The molecule has 1 amide bonds. The molecule has 3 aromatic carbocycles. The standard InChI is InChI=1S/C31H37N3O5S/c1-38-29-15-9-6-12-25(29)20-32-27(22-39-21-24-10-4-3-5-11-24)30(35)33-18-16-31(17-19-33)23-34(40(2,36)37)28-14-8-7-13-26(28)31/h3-15,27,32H,16-23H2,1-2H3. The van der Waals surface area contributed by atoms with Crippen LogP contribution in [0.1, 0.15) is 29.5 Å². The normalized spacial score (nSPS) is 17.1. The number of amides is 1. The summed E-state index contributed by atoms with van der Waals surface area (Å²) in [5.74, 6) is 0.755. The third-order valence-corrected chi connectivity index (χ3v) is 9.17. The Morgan fingerprint density at radius 3 is 2.38 bits per heavy atom. The Labute approximate surface area is 236 Å². The van der Waals surface area contributed by atoms with Crippen LogP contribution >= 0.6 is 0 Å². The number of hydrogen-bond acceptors (Lipinski definition) is 6. The van der Waals surface area contributed by atoms with Crippen LogP contribution in [-0.2, 0) is 38.1 Å². The fourth-order valence-electron chi connectivity index (χ4n) is 5.85. The van der Waals surface area contributed by atoms with Crippen LogP contribution < -0.4 is 14.4 Å². The van der Waals surface area contributed by atoms with E-state index in [1.807, 2.05) is 83.8 Å². The average Bonchev–Trinajstić information content (AvgIpc) is 3.30. The van der Waals surface area contributed by atoms with Crippen molar-refractivity contribution in [3.05, 3.63) is 95.6 Å². The van der Waals surface area contributed by atoms with Crippen LogP contribution in [0.25, 0.3) is 0 Å². The number of rotatable bonds is 10. The molecule has 2 heterocycles. The van der Waals surface area contributed by atoms with Crippen molar-refractivity contribution in [3.8, 4) is 5.75 Å². The minimum absolute atomic E-state index is 0.0101. The molecule has 1 fully saturated rings. The molecule has 1 spiro atoms. The first-order valence-electron chi connectivity index (χ1n) is 13.6. The number of anilines is 1. The number of fused-ring (bicyclic) bond motifs is 2.